The number of hydrogen-bond acceptors (Lipinski definition) is 6. The van der Waals surface area contributed by atoms with E-state index in [0.29, 0.717) is 0 Å². The molecule has 0 amide bonds. The van der Waals surface area contributed by atoms with E-state index in [4.69, 9.17) is 0 Å². The van der Waals surface area contributed by atoms with Gasteiger partial charge in [0.1, 0.15) is 5.36 Å². The molecule has 0 fully saturated rings. The molecule has 0 bridgehead atoms. The molecule has 0 heterocycles. The van der Waals surface area contributed by atoms with Gasteiger partial charge in [0.15, 0.2) is 5.36 Å². The van der Waals surface area contributed by atoms with Gasteiger partial charge in [0.25, 0.3) is 0 Å². The zero-order chi connectivity index (χ0) is 20.3. The summed E-state index contributed by atoms with van der Waals surface area (Å²) >= 11 is 0. The molecule has 0 aliphatic heterocycles. The number of nitrogens with zero attached hydrogens (tertiary/aromatic N) is 2. The highest BCUT2D eigenvalue weighted by Crippen LogP contribution is 2.16. The lowest BCUT2D eigenvalue weighted by Gasteiger charge is -2.05. The topological polar surface area (TPSA) is 82.9 Å². The predicted octanol–water partition coefficient (Wildman–Crippen LogP) is 2.37. The summed E-state index contributed by atoms with van der Waals surface area (Å²) in [4.78, 5) is 24.8. The van der Waals surface area contributed by atoms with Crippen molar-refractivity contribution >= 4 is 11.4 Å². The number of benzene rings is 3. The standard InChI is InChI=1S/C22H22N4O2/c1-13-5-7-17(15(3)11-13)23-25-19-9-10-20(27)21(22(19)28)26-24-18-8-6-14(2)12-16(18)4/h5-12,23-24H,1-4H3/b25-19-,26-21+. The molecule has 6 nitrogen and oxygen atoms in total. The molecule has 0 unspecified atom stereocenters. The second-order valence-corrected chi connectivity index (χ2v) is 6.84. The zero-order valence-corrected chi connectivity index (χ0v) is 16.3. The van der Waals surface area contributed by atoms with Crippen LogP contribution in [0.15, 0.2) is 68.3 Å². The molecule has 0 saturated heterocycles. The summed E-state index contributed by atoms with van der Waals surface area (Å²) in [6, 6.07) is 14.4. The smallest absolute Gasteiger partial charge is 0.237 e. The number of rotatable bonds is 4. The van der Waals surface area contributed by atoms with E-state index < -0.39 is 10.9 Å². The zero-order valence-electron chi connectivity index (χ0n) is 16.3. The molecular weight excluding hydrogens is 352 g/mol. The molecule has 0 spiro atoms. The van der Waals surface area contributed by atoms with Crippen molar-refractivity contribution in [2.45, 2.75) is 27.7 Å². The molecular formula is C22H22N4O2. The minimum absolute atomic E-state index is 0.126. The fourth-order valence-electron chi connectivity index (χ4n) is 2.85. The summed E-state index contributed by atoms with van der Waals surface area (Å²) in [5.41, 5.74) is 10.5. The van der Waals surface area contributed by atoms with Gasteiger partial charge in [-0.3, -0.25) is 20.4 Å². The number of nitrogens with one attached hydrogen (secondary N) is 2. The molecule has 3 rings (SSSR count). The number of aryl methyl sites for hydroxylation is 4. The maximum absolute atomic E-state index is 12.6. The van der Waals surface area contributed by atoms with Crippen LogP contribution in [-0.4, -0.2) is 0 Å². The van der Waals surface area contributed by atoms with Crippen molar-refractivity contribution in [3.63, 3.8) is 0 Å². The Kier molecular flexibility index (Phi) is 5.49. The van der Waals surface area contributed by atoms with Crippen molar-refractivity contribution < 1.29 is 0 Å². The van der Waals surface area contributed by atoms with E-state index in [9.17, 15) is 9.59 Å². The predicted molar refractivity (Wildman–Crippen MR) is 112 cm³/mol. The van der Waals surface area contributed by atoms with Gasteiger partial charge in [-0.2, -0.15) is 10.2 Å². The molecule has 0 aromatic heterocycles. The van der Waals surface area contributed by atoms with Crippen LogP contribution in [0.3, 0.4) is 0 Å². The van der Waals surface area contributed by atoms with Crippen molar-refractivity contribution in [2.75, 3.05) is 10.9 Å². The Balaban J connectivity index is 1.97. The third-order valence-corrected chi connectivity index (χ3v) is 4.42. The minimum atomic E-state index is -0.526. The lowest BCUT2D eigenvalue weighted by Crippen LogP contribution is -2.48. The van der Waals surface area contributed by atoms with Gasteiger partial charge in [0.2, 0.25) is 10.9 Å². The molecule has 2 N–H and O–H groups in total. The van der Waals surface area contributed by atoms with E-state index in [0.717, 1.165) is 33.6 Å². The molecule has 0 atom stereocenters. The maximum atomic E-state index is 12.6. The highest BCUT2D eigenvalue weighted by molar-refractivity contribution is 5.52. The summed E-state index contributed by atoms with van der Waals surface area (Å²) in [5.74, 6) is 0. The highest BCUT2D eigenvalue weighted by Gasteiger charge is 2.03. The number of anilines is 2. The van der Waals surface area contributed by atoms with Crippen molar-refractivity contribution in [2.24, 2.45) is 10.2 Å². The Hall–Kier alpha value is -3.54. The molecule has 3 aromatic rings. The van der Waals surface area contributed by atoms with Gasteiger partial charge < -0.3 is 0 Å². The van der Waals surface area contributed by atoms with Crippen LogP contribution in [0, 0.1) is 27.7 Å². The highest BCUT2D eigenvalue weighted by atomic mass is 16.1. The monoisotopic (exact) mass is 374 g/mol. The molecule has 0 saturated carbocycles. The van der Waals surface area contributed by atoms with Crippen LogP contribution >= 0.6 is 0 Å². The van der Waals surface area contributed by atoms with Crippen molar-refractivity contribution in [1.29, 1.82) is 0 Å². The summed E-state index contributed by atoms with van der Waals surface area (Å²) in [7, 11) is 0. The Bertz CT molecular complexity index is 1250. The van der Waals surface area contributed by atoms with E-state index in [1.54, 1.807) is 0 Å². The van der Waals surface area contributed by atoms with Crippen molar-refractivity contribution in [3.8, 4) is 0 Å². The van der Waals surface area contributed by atoms with Gasteiger partial charge in [0, 0.05) is 0 Å². The second-order valence-electron chi connectivity index (χ2n) is 6.84. The average Bonchev–Trinajstić information content (AvgIpc) is 2.63. The fourth-order valence-corrected chi connectivity index (χ4v) is 2.85. The average molecular weight is 374 g/mol. The first kappa shape index (κ1) is 19.2. The lowest BCUT2D eigenvalue weighted by molar-refractivity contribution is 1.10. The lowest BCUT2D eigenvalue weighted by atomic mass is 10.1. The fraction of sp³-hybridized carbons (Fsp3) is 0.182. The Morgan fingerprint density at radius 1 is 0.679 bits per heavy atom. The Morgan fingerprint density at radius 2 is 1.21 bits per heavy atom. The van der Waals surface area contributed by atoms with Gasteiger partial charge in [0.05, 0.1) is 11.4 Å². The summed E-state index contributed by atoms with van der Waals surface area (Å²) in [6.45, 7) is 7.89. The maximum Gasteiger partial charge on any atom is 0.237 e. The van der Waals surface area contributed by atoms with Crippen LogP contribution in [0.25, 0.3) is 0 Å². The quantitative estimate of drug-likeness (QED) is 0.687. The van der Waals surface area contributed by atoms with E-state index in [1.165, 1.54) is 12.1 Å². The molecule has 0 radical (unpaired) electrons. The van der Waals surface area contributed by atoms with E-state index in [2.05, 4.69) is 21.1 Å². The van der Waals surface area contributed by atoms with E-state index in [-0.39, 0.29) is 10.7 Å². The SMILES string of the molecule is Cc1ccc(N/N=c2/ccc(=O)/c(=N\Nc3ccc(C)cc3C)c2=O)c(C)c1. The third-order valence-electron chi connectivity index (χ3n) is 4.42. The van der Waals surface area contributed by atoms with Gasteiger partial charge in [-0.1, -0.05) is 35.4 Å². The van der Waals surface area contributed by atoms with Gasteiger partial charge in [-0.25, -0.2) is 0 Å². The van der Waals surface area contributed by atoms with E-state index in [1.807, 2.05) is 64.1 Å². The van der Waals surface area contributed by atoms with Crippen LogP contribution < -0.4 is 32.4 Å². The molecule has 6 heteroatoms. The van der Waals surface area contributed by atoms with Gasteiger partial charge in [-0.05, 0) is 63.1 Å². The summed E-state index contributed by atoms with van der Waals surface area (Å²) in [6.07, 6.45) is 0. The third kappa shape index (κ3) is 4.23. The summed E-state index contributed by atoms with van der Waals surface area (Å²) in [5, 5.41) is 8.15. The van der Waals surface area contributed by atoms with Crippen molar-refractivity contribution in [3.05, 3.63) is 102 Å². The Labute approximate surface area is 162 Å². The first-order valence-electron chi connectivity index (χ1n) is 8.94. The molecule has 142 valence electrons. The van der Waals surface area contributed by atoms with Gasteiger partial charge >= 0.3 is 0 Å². The van der Waals surface area contributed by atoms with Crippen LogP contribution in [0.5, 0.6) is 0 Å². The first-order valence-corrected chi connectivity index (χ1v) is 8.94. The molecule has 0 aliphatic rings. The summed E-state index contributed by atoms with van der Waals surface area (Å²) < 4.78 is 0. The second kappa shape index (κ2) is 8.00. The largest absolute Gasteiger partial charge is 0.287 e. The van der Waals surface area contributed by atoms with Crippen LogP contribution in [-0.2, 0) is 0 Å². The normalized spacial score (nSPS) is 12.3. The van der Waals surface area contributed by atoms with Crippen molar-refractivity contribution in [1.82, 2.24) is 0 Å². The first-order chi connectivity index (χ1) is 13.3. The van der Waals surface area contributed by atoms with E-state index >= 15 is 0 Å². The molecule has 28 heavy (non-hydrogen) atoms. The van der Waals surface area contributed by atoms with Crippen LogP contribution in [0.2, 0.25) is 0 Å². The minimum Gasteiger partial charge on any atom is -0.287 e. The van der Waals surface area contributed by atoms with Crippen LogP contribution in [0.4, 0.5) is 11.4 Å². The molecule has 0 aliphatic carbocycles. The van der Waals surface area contributed by atoms with Gasteiger partial charge in [-0.15, -0.1) is 0 Å². The number of hydrogen-bond donors (Lipinski definition) is 2. The molecule has 3 aromatic carbocycles. The van der Waals surface area contributed by atoms with Crippen LogP contribution in [0.1, 0.15) is 22.3 Å². The Morgan fingerprint density at radius 3 is 1.75 bits per heavy atom.